The fourth-order valence-corrected chi connectivity index (χ4v) is 5.71. The summed E-state index contributed by atoms with van der Waals surface area (Å²) >= 11 is 4.96. The first kappa shape index (κ1) is 22.8. The third kappa shape index (κ3) is 4.99. The van der Waals surface area contributed by atoms with Gasteiger partial charge in [0.25, 0.3) is 5.91 Å². The molecular formula is C25H27BrN2O3S. The maximum atomic E-state index is 13.2. The SMILES string of the molecule is CC(C)(C)[C@@H]1CCc2c(sc(N=Cc3ccc(O)c(Br)c3)c2C(=O)NCc2ccco2)C1. The van der Waals surface area contributed by atoms with E-state index in [-0.39, 0.29) is 17.1 Å². The van der Waals surface area contributed by atoms with Crippen LogP contribution in [0.2, 0.25) is 0 Å². The Morgan fingerprint density at radius 3 is 2.88 bits per heavy atom. The van der Waals surface area contributed by atoms with E-state index >= 15 is 0 Å². The Kier molecular flexibility index (Phi) is 6.58. The number of phenolic OH excluding ortho intramolecular Hbond substituents is 1. The fourth-order valence-electron chi connectivity index (χ4n) is 4.04. The molecule has 0 saturated carbocycles. The van der Waals surface area contributed by atoms with Crippen molar-refractivity contribution in [3.8, 4) is 5.75 Å². The first-order chi connectivity index (χ1) is 15.2. The lowest BCUT2D eigenvalue weighted by molar-refractivity contribution is 0.0947. The number of carbonyl (C=O) groups is 1. The number of furan rings is 1. The number of nitrogens with zero attached hydrogens (tertiary/aromatic N) is 1. The number of nitrogens with one attached hydrogen (secondary N) is 1. The lowest BCUT2D eigenvalue weighted by atomic mass is 9.72. The molecule has 0 fully saturated rings. The topological polar surface area (TPSA) is 74.8 Å². The number of phenols is 1. The molecule has 168 valence electrons. The lowest BCUT2D eigenvalue weighted by Gasteiger charge is -2.33. The zero-order valence-electron chi connectivity index (χ0n) is 18.4. The van der Waals surface area contributed by atoms with Crippen molar-refractivity contribution in [2.24, 2.45) is 16.3 Å². The summed E-state index contributed by atoms with van der Waals surface area (Å²) in [6.07, 6.45) is 6.28. The Bertz CT molecular complexity index is 1140. The zero-order valence-corrected chi connectivity index (χ0v) is 20.8. The molecule has 0 aliphatic heterocycles. The lowest BCUT2D eigenvalue weighted by Crippen LogP contribution is -2.28. The Labute approximate surface area is 200 Å². The van der Waals surface area contributed by atoms with E-state index in [2.05, 4.69) is 42.0 Å². The second-order valence-electron chi connectivity index (χ2n) is 9.22. The van der Waals surface area contributed by atoms with Crippen LogP contribution in [-0.2, 0) is 19.4 Å². The number of halogens is 1. The molecule has 0 saturated heterocycles. The van der Waals surface area contributed by atoms with Crippen LogP contribution in [0.1, 0.15) is 59.3 Å². The molecule has 5 nitrogen and oxygen atoms in total. The quantitative estimate of drug-likeness (QED) is 0.374. The van der Waals surface area contributed by atoms with Crippen molar-refractivity contribution in [1.82, 2.24) is 5.32 Å². The van der Waals surface area contributed by atoms with Gasteiger partial charge >= 0.3 is 0 Å². The van der Waals surface area contributed by atoms with Crippen molar-refractivity contribution in [3.05, 3.63) is 68.4 Å². The summed E-state index contributed by atoms with van der Waals surface area (Å²) in [6.45, 7) is 7.20. The molecule has 0 spiro atoms. The van der Waals surface area contributed by atoms with E-state index in [1.807, 2.05) is 12.1 Å². The second-order valence-corrected chi connectivity index (χ2v) is 11.2. The molecule has 32 heavy (non-hydrogen) atoms. The smallest absolute Gasteiger partial charge is 0.255 e. The summed E-state index contributed by atoms with van der Waals surface area (Å²) in [5.74, 6) is 1.36. The van der Waals surface area contributed by atoms with Gasteiger partial charge in [-0.05, 0) is 88.0 Å². The maximum absolute atomic E-state index is 13.2. The number of fused-ring (bicyclic) bond motifs is 1. The number of carbonyl (C=O) groups excluding carboxylic acids is 1. The molecule has 1 amide bonds. The highest BCUT2D eigenvalue weighted by atomic mass is 79.9. The Balaban J connectivity index is 1.66. The predicted octanol–water partition coefficient (Wildman–Crippen LogP) is 6.64. The maximum Gasteiger partial charge on any atom is 0.255 e. The van der Waals surface area contributed by atoms with Crippen LogP contribution in [0.25, 0.3) is 0 Å². The van der Waals surface area contributed by atoms with E-state index in [9.17, 15) is 9.90 Å². The van der Waals surface area contributed by atoms with E-state index in [0.717, 1.165) is 35.4 Å². The minimum atomic E-state index is -0.118. The Morgan fingerprint density at radius 1 is 1.38 bits per heavy atom. The molecule has 2 heterocycles. The number of thiophene rings is 1. The monoisotopic (exact) mass is 514 g/mol. The largest absolute Gasteiger partial charge is 0.507 e. The second kappa shape index (κ2) is 9.24. The van der Waals surface area contributed by atoms with Crippen LogP contribution in [0, 0.1) is 11.3 Å². The third-order valence-electron chi connectivity index (χ3n) is 6.00. The molecule has 0 bridgehead atoms. The van der Waals surface area contributed by atoms with Crippen molar-refractivity contribution in [3.63, 3.8) is 0 Å². The summed E-state index contributed by atoms with van der Waals surface area (Å²) in [6, 6.07) is 8.88. The van der Waals surface area contributed by atoms with Crippen LogP contribution in [-0.4, -0.2) is 17.2 Å². The van der Waals surface area contributed by atoms with Gasteiger partial charge in [-0.25, -0.2) is 4.99 Å². The summed E-state index contributed by atoms with van der Waals surface area (Å²) in [5, 5.41) is 13.5. The molecule has 3 aromatic rings. The van der Waals surface area contributed by atoms with Crippen LogP contribution in [0.3, 0.4) is 0 Å². The molecule has 1 aliphatic rings. The number of hydrogen-bond acceptors (Lipinski definition) is 5. The van der Waals surface area contributed by atoms with Gasteiger partial charge in [0.05, 0.1) is 22.8 Å². The number of hydrogen-bond donors (Lipinski definition) is 2. The molecule has 0 radical (unpaired) electrons. The Hall–Kier alpha value is -2.38. The molecule has 1 aliphatic carbocycles. The fraction of sp³-hybridized carbons (Fsp3) is 0.360. The van der Waals surface area contributed by atoms with E-state index in [4.69, 9.17) is 9.41 Å². The normalized spacial score (nSPS) is 16.3. The van der Waals surface area contributed by atoms with Gasteiger partial charge in [0, 0.05) is 11.1 Å². The van der Waals surface area contributed by atoms with Crippen LogP contribution in [0.4, 0.5) is 5.00 Å². The van der Waals surface area contributed by atoms with Crippen molar-refractivity contribution in [2.45, 2.75) is 46.6 Å². The highest BCUT2D eigenvalue weighted by molar-refractivity contribution is 9.10. The summed E-state index contributed by atoms with van der Waals surface area (Å²) in [4.78, 5) is 19.2. The molecule has 7 heteroatoms. The van der Waals surface area contributed by atoms with Crippen molar-refractivity contribution in [1.29, 1.82) is 0 Å². The van der Waals surface area contributed by atoms with E-state index < -0.39 is 0 Å². The average Bonchev–Trinajstić information content (AvgIpc) is 3.39. The summed E-state index contributed by atoms with van der Waals surface area (Å²) in [5.41, 5.74) is 2.88. The molecule has 4 rings (SSSR count). The first-order valence-electron chi connectivity index (χ1n) is 10.7. The van der Waals surface area contributed by atoms with Crippen LogP contribution >= 0.6 is 27.3 Å². The van der Waals surface area contributed by atoms with Crippen molar-refractivity contribution < 1.29 is 14.3 Å². The van der Waals surface area contributed by atoms with Gasteiger partial charge in [-0.15, -0.1) is 11.3 Å². The van der Waals surface area contributed by atoms with Crippen LogP contribution in [0.15, 0.2) is 50.5 Å². The van der Waals surface area contributed by atoms with E-state index in [1.54, 1.807) is 42.0 Å². The zero-order chi connectivity index (χ0) is 22.9. The van der Waals surface area contributed by atoms with Gasteiger partial charge in [0.15, 0.2) is 0 Å². The van der Waals surface area contributed by atoms with E-state index in [1.165, 1.54) is 4.88 Å². The summed E-state index contributed by atoms with van der Waals surface area (Å²) in [7, 11) is 0. The molecule has 2 aromatic heterocycles. The number of aromatic hydroxyl groups is 1. The predicted molar refractivity (Wildman–Crippen MR) is 132 cm³/mol. The van der Waals surface area contributed by atoms with Gasteiger partial charge in [-0.3, -0.25) is 4.79 Å². The third-order valence-corrected chi connectivity index (χ3v) is 7.80. The van der Waals surface area contributed by atoms with E-state index in [0.29, 0.717) is 28.3 Å². The first-order valence-corrected chi connectivity index (χ1v) is 12.3. The number of aliphatic imine (C=N–C) groups is 1. The van der Waals surface area contributed by atoms with Crippen molar-refractivity contribution in [2.75, 3.05) is 0 Å². The van der Waals surface area contributed by atoms with Gasteiger partial charge < -0.3 is 14.8 Å². The standard InChI is InChI=1S/C25H27BrN2O3S/c1-25(2,3)16-7-8-18-21(12-16)32-24(28-13-15-6-9-20(29)19(26)11-15)22(18)23(30)27-14-17-5-4-10-31-17/h4-6,9-11,13,16,29H,7-8,12,14H2,1-3H3,(H,27,30)/t16-/m1/s1. The highest BCUT2D eigenvalue weighted by Gasteiger charge is 2.33. The number of benzene rings is 1. The number of amides is 1. The van der Waals surface area contributed by atoms with Gasteiger partial charge in [-0.2, -0.15) is 0 Å². The summed E-state index contributed by atoms with van der Waals surface area (Å²) < 4.78 is 5.96. The minimum Gasteiger partial charge on any atom is -0.507 e. The highest BCUT2D eigenvalue weighted by Crippen LogP contribution is 2.45. The molecule has 1 aromatic carbocycles. The van der Waals surface area contributed by atoms with Crippen LogP contribution < -0.4 is 5.32 Å². The van der Waals surface area contributed by atoms with Crippen molar-refractivity contribution >= 4 is 44.4 Å². The number of rotatable bonds is 5. The molecule has 1 atom stereocenters. The van der Waals surface area contributed by atoms with Gasteiger partial charge in [0.2, 0.25) is 0 Å². The average molecular weight is 515 g/mol. The molecule has 0 unspecified atom stereocenters. The van der Waals surface area contributed by atoms with Gasteiger partial charge in [0.1, 0.15) is 16.5 Å². The van der Waals surface area contributed by atoms with Crippen LogP contribution in [0.5, 0.6) is 5.75 Å². The minimum absolute atomic E-state index is 0.118. The Morgan fingerprint density at radius 2 is 2.19 bits per heavy atom. The molecular weight excluding hydrogens is 488 g/mol. The molecule has 2 N–H and O–H groups in total. The van der Waals surface area contributed by atoms with Gasteiger partial charge in [-0.1, -0.05) is 20.8 Å².